The van der Waals surface area contributed by atoms with Crippen molar-refractivity contribution in [2.75, 3.05) is 13.6 Å². The minimum absolute atomic E-state index is 0. The summed E-state index contributed by atoms with van der Waals surface area (Å²) in [5, 5.41) is 2.93. The van der Waals surface area contributed by atoms with E-state index in [1.54, 1.807) is 0 Å². The van der Waals surface area contributed by atoms with Crippen molar-refractivity contribution in [2.45, 2.75) is 213 Å². The fourth-order valence-electron chi connectivity index (χ4n) is 5.54. The number of Topliss-reactive ketones (excluding diaryl/α,β-unsaturated/α-hetero) is 2. The molecular formula is C43H80KNO4. The minimum atomic E-state index is -0.204. The molecule has 0 spiro atoms. The third-order valence-electron chi connectivity index (χ3n) is 8.78. The normalized spacial score (nSPS) is 11.1. The molecule has 0 aliphatic heterocycles. The van der Waals surface area contributed by atoms with Gasteiger partial charge < -0.3 is 17.0 Å². The van der Waals surface area contributed by atoms with E-state index in [9.17, 15) is 14.4 Å². The summed E-state index contributed by atoms with van der Waals surface area (Å²) in [6.07, 6.45) is 38.8. The van der Waals surface area contributed by atoms with Crippen molar-refractivity contribution in [3.05, 3.63) is 31.2 Å². The summed E-state index contributed by atoms with van der Waals surface area (Å²) in [6, 6.07) is 0. The molecule has 0 unspecified atom stereocenters. The summed E-state index contributed by atoms with van der Waals surface area (Å²) in [4.78, 5) is 36.1. The minimum Gasteiger partial charge on any atom is -0.464 e. The van der Waals surface area contributed by atoms with Crippen LogP contribution in [0.15, 0.2) is 24.3 Å². The zero-order valence-electron chi connectivity index (χ0n) is 33.4. The molecule has 0 radical (unpaired) electrons. The van der Waals surface area contributed by atoms with Gasteiger partial charge in [0.05, 0.1) is 0 Å². The fraction of sp³-hybridized carbons (Fsp3) is 0.814. The molecule has 0 heterocycles. The molecule has 1 N–H and O–H groups in total. The molecule has 0 rings (SSSR count). The van der Waals surface area contributed by atoms with Crippen LogP contribution in [0, 0.1) is 6.92 Å². The first-order chi connectivity index (χ1) is 23.4. The number of unbranched alkanes of at least 4 members (excludes halogenated alkanes) is 16. The molecule has 49 heavy (non-hydrogen) atoms. The Morgan fingerprint density at radius 2 is 0.918 bits per heavy atom. The van der Waals surface area contributed by atoms with Gasteiger partial charge in [-0.25, -0.2) is 0 Å². The number of esters is 1. The molecule has 282 valence electrons. The Hall–Kier alpha value is -0.114. The van der Waals surface area contributed by atoms with Crippen LogP contribution in [0.5, 0.6) is 0 Å². The van der Waals surface area contributed by atoms with Crippen molar-refractivity contribution < 1.29 is 70.5 Å². The van der Waals surface area contributed by atoms with Gasteiger partial charge in [-0.15, -0.1) is 0 Å². The van der Waals surface area contributed by atoms with Crippen LogP contribution in [0.1, 0.15) is 207 Å². The van der Waals surface area contributed by atoms with Crippen molar-refractivity contribution in [1.29, 1.82) is 0 Å². The van der Waals surface area contributed by atoms with Crippen LogP contribution in [0.2, 0.25) is 0 Å². The van der Waals surface area contributed by atoms with Gasteiger partial charge in [0.1, 0.15) is 17.7 Å². The van der Waals surface area contributed by atoms with Crippen molar-refractivity contribution in [3.63, 3.8) is 0 Å². The van der Waals surface area contributed by atoms with Crippen LogP contribution in [-0.2, 0) is 19.1 Å². The van der Waals surface area contributed by atoms with Crippen LogP contribution in [-0.4, -0.2) is 37.2 Å². The molecule has 0 saturated heterocycles. The molecule has 0 aliphatic carbocycles. The molecule has 0 aliphatic rings. The van der Waals surface area contributed by atoms with E-state index in [1.165, 1.54) is 51.4 Å². The van der Waals surface area contributed by atoms with Crippen LogP contribution in [0.25, 0.3) is 0 Å². The van der Waals surface area contributed by atoms with E-state index in [4.69, 9.17) is 4.74 Å². The molecule has 0 aromatic rings. The maximum absolute atomic E-state index is 12.1. The van der Waals surface area contributed by atoms with Crippen LogP contribution in [0.3, 0.4) is 0 Å². The van der Waals surface area contributed by atoms with E-state index in [2.05, 4.69) is 57.3 Å². The maximum Gasteiger partial charge on any atom is 1.00 e. The Morgan fingerprint density at radius 1 is 0.551 bits per heavy atom. The standard InChI is InChI=1S/C40H71O4.C3H9N.K/c1-4-7-9-11-13-15-19-25-31-37(41)33-27-21-17-23-29-35-39(44-40(43)6-3)36-30-24-18-22-28-34-38(42)32-26-20-16-14-12-10-8-5-2;1-3-4-2;/h15-16,19-20,39H,3-14,17-18,21-36H2,1-2H3;4H,3H2,1-2H3;/q-1;;+1/b19-15-,20-16-;;. The van der Waals surface area contributed by atoms with Crippen LogP contribution in [0.4, 0.5) is 0 Å². The van der Waals surface area contributed by atoms with Gasteiger partial charge in [-0.1, -0.05) is 129 Å². The first-order valence-corrected chi connectivity index (χ1v) is 20.4. The first kappa shape index (κ1) is 53.2. The monoisotopic (exact) mass is 714 g/mol. The Labute approximate surface area is 348 Å². The summed E-state index contributed by atoms with van der Waals surface area (Å²) < 4.78 is 5.67. The fourth-order valence-corrected chi connectivity index (χ4v) is 5.54. The zero-order chi connectivity index (χ0) is 35.8. The van der Waals surface area contributed by atoms with E-state index < -0.39 is 0 Å². The summed E-state index contributed by atoms with van der Waals surface area (Å²) in [5.41, 5.74) is 0. The molecule has 0 fully saturated rings. The first-order valence-electron chi connectivity index (χ1n) is 20.4. The Bertz CT molecular complexity index is 713. The summed E-state index contributed by atoms with van der Waals surface area (Å²) in [7, 11) is 1.93. The number of hydrogen-bond acceptors (Lipinski definition) is 5. The van der Waals surface area contributed by atoms with Crippen LogP contribution < -0.4 is 56.7 Å². The molecule has 0 aromatic carbocycles. The zero-order valence-corrected chi connectivity index (χ0v) is 36.6. The number of hydrogen-bond donors (Lipinski definition) is 1. The largest absolute Gasteiger partial charge is 1.00 e. The maximum atomic E-state index is 12.1. The molecule has 0 atom stereocenters. The predicted molar refractivity (Wildman–Crippen MR) is 208 cm³/mol. The Kier molecular flexibility index (Phi) is 49.9. The molecule has 0 amide bonds. The van der Waals surface area contributed by atoms with Gasteiger partial charge in [-0.05, 0) is 90.6 Å². The molecular weight excluding hydrogens is 634 g/mol. The van der Waals surface area contributed by atoms with E-state index in [1.807, 2.05) is 7.05 Å². The number of allylic oxidation sites excluding steroid dienone is 4. The third kappa shape index (κ3) is 45.9. The van der Waals surface area contributed by atoms with Gasteiger partial charge in [0.2, 0.25) is 0 Å². The van der Waals surface area contributed by atoms with Gasteiger partial charge >= 0.3 is 51.4 Å². The molecule has 5 nitrogen and oxygen atoms in total. The van der Waals surface area contributed by atoms with E-state index >= 15 is 0 Å². The second-order valence-corrected chi connectivity index (χ2v) is 13.5. The third-order valence-corrected chi connectivity index (χ3v) is 8.78. The van der Waals surface area contributed by atoms with E-state index in [0.29, 0.717) is 37.2 Å². The number of carbonyl (C=O) groups excluding carboxylic acids is 3. The van der Waals surface area contributed by atoms with Crippen molar-refractivity contribution in [1.82, 2.24) is 5.32 Å². The average Bonchev–Trinajstić information content (AvgIpc) is 3.09. The summed E-state index contributed by atoms with van der Waals surface area (Å²) in [5.74, 6) is 0.580. The van der Waals surface area contributed by atoms with Gasteiger partial charge in [0.25, 0.3) is 5.97 Å². The quantitative estimate of drug-likeness (QED) is 0.0233. The van der Waals surface area contributed by atoms with Gasteiger partial charge in [-0.3, -0.25) is 14.4 Å². The summed E-state index contributed by atoms with van der Waals surface area (Å²) in [6.45, 7) is 11.3. The van der Waals surface area contributed by atoms with E-state index in [-0.39, 0.29) is 69.9 Å². The summed E-state index contributed by atoms with van der Waals surface area (Å²) >= 11 is 0. The second kappa shape index (κ2) is 45.9. The Balaban J connectivity index is -0.00000399. The molecule has 0 aromatic heterocycles. The van der Waals surface area contributed by atoms with E-state index in [0.717, 1.165) is 109 Å². The molecule has 0 bridgehead atoms. The van der Waals surface area contributed by atoms with Crippen molar-refractivity contribution in [2.24, 2.45) is 0 Å². The van der Waals surface area contributed by atoms with Crippen molar-refractivity contribution >= 4 is 17.5 Å². The van der Waals surface area contributed by atoms with Gasteiger partial charge in [0.15, 0.2) is 0 Å². The molecule has 6 heteroatoms. The van der Waals surface area contributed by atoms with Crippen molar-refractivity contribution in [3.8, 4) is 0 Å². The number of ketones is 2. The van der Waals surface area contributed by atoms with Crippen LogP contribution >= 0.6 is 0 Å². The average molecular weight is 714 g/mol. The SMILES string of the molecule is CCNC.[CH2-]CC(=O)OC(CCCCCCCC(=O)CC/C=C\CCCCCC)CCCCCCCC(=O)CC/C=C\CCCCCC.[K+]. The molecule has 0 saturated carbocycles. The second-order valence-electron chi connectivity index (χ2n) is 13.5. The van der Waals surface area contributed by atoms with Gasteiger partial charge in [0, 0.05) is 25.7 Å². The smallest absolute Gasteiger partial charge is 0.464 e. The topological polar surface area (TPSA) is 72.5 Å². The number of rotatable bonds is 35. The number of carbonyl (C=O) groups is 3. The van der Waals surface area contributed by atoms with Gasteiger partial charge in [-0.2, -0.15) is 0 Å². The number of ether oxygens (including phenoxy) is 1. The Morgan fingerprint density at radius 3 is 1.31 bits per heavy atom. The number of nitrogens with one attached hydrogen (secondary N) is 1. The predicted octanol–water partition coefficient (Wildman–Crippen LogP) is 9.57.